The number of terminal acetylenes is 1. The number of carbonyl (C=O) groups is 1. The van der Waals surface area contributed by atoms with Crippen molar-refractivity contribution in [3.05, 3.63) is 59.5 Å². The third-order valence-corrected chi connectivity index (χ3v) is 4.64. The molecule has 2 rings (SSSR count). The van der Waals surface area contributed by atoms with Crippen molar-refractivity contribution < 1.29 is 9.72 Å². The second-order valence-corrected chi connectivity index (χ2v) is 6.22. The van der Waals surface area contributed by atoms with Gasteiger partial charge in [-0.15, -0.1) is 17.8 Å². The van der Waals surface area contributed by atoms with Crippen molar-refractivity contribution in [1.82, 2.24) is 9.88 Å². The normalized spacial score (nSPS) is 12.0. The summed E-state index contributed by atoms with van der Waals surface area (Å²) in [6.45, 7) is 1.92. The lowest BCUT2D eigenvalue weighted by Gasteiger charge is -2.00. The van der Waals surface area contributed by atoms with Crippen LogP contribution < -0.4 is 20.1 Å². The summed E-state index contributed by atoms with van der Waals surface area (Å²) < 4.78 is 1.77. The van der Waals surface area contributed by atoms with Crippen LogP contribution in [0.4, 0.5) is 5.69 Å². The quantitative estimate of drug-likeness (QED) is 0.447. The Bertz CT molecular complexity index is 1160. The van der Waals surface area contributed by atoms with Crippen LogP contribution in [0.5, 0.6) is 0 Å². The van der Waals surface area contributed by atoms with Crippen LogP contribution in [0.2, 0.25) is 0 Å². The fourth-order valence-electron chi connectivity index (χ4n) is 2.29. The van der Waals surface area contributed by atoms with Crippen LogP contribution in [-0.2, 0) is 11.3 Å². The lowest BCUT2D eigenvalue weighted by atomic mass is 10.2. The lowest BCUT2D eigenvalue weighted by molar-refractivity contribution is -0.384. The topological polar surface area (TPSA) is 118 Å². The Hall–Kier alpha value is -3.69. The highest BCUT2D eigenvalue weighted by atomic mass is 32.1. The number of amides is 1. The molecule has 9 heteroatoms. The molecule has 0 fully saturated rings. The molecule has 0 bridgehead atoms. The van der Waals surface area contributed by atoms with Crippen molar-refractivity contribution in [3.63, 3.8) is 0 Å². The molecule has 0 saturated carbocycles. The summed E-state index contributed by atoms with van der Waals surface area (Å²) in [5.41, 5.74) is -0.240. The zero-order valence-corrected chi connectivity index (χ0v) is 15.1. The summed E-state index contributed by atoms with van der Waals surface area (Å²) in [5, 5.41) is 22.7. The van der Waals surface area contributed by atoms with E-state index in [1.165, 1.54) is 28.8 Å². The predicted octanol–water partition coefficient (Wildman–Crippen LogP) is 0.0904. The highest BCUT2D eigenvalue weighted by Crippen LogP contribution is 2.13. The number of hydrogen-bond acceptors (Lipinski definition) is 6. The molecule has 0 aliphatic carbocycles. The molecule has 0 aliphatic heterocycles. The number of aromatic nitrogens is 1. The van der Waals surface area contributed by atoms with E-state index in [-0.39, 0.29) is 39.1 Å². The third-order valence-electron chi connectivity index (χ3n) is 3.51. The Morgan fingerprint density at radius 2 is 2.26 bits per heavy atom. The molecule has 0 radical (unpaired) electrons. The van der Waals surface area contributed by atoms with E-state index in [1.807, 2.05) is 6.07 Å². The number of nitro groups is 1. The van der Waals surface area contributed by atoms with Crippen molar-refractivity contribution in [3.8, 4) is 18.4 Å². The Labute approximate surface area is 157 Å². The van der Waals surface area contributed by atoms with Gasteiger partial charge in [0.15, 0.2) is 5.57 Å². The van der Waals surface area contributed by atoms with Gasteiger partial charge in [0.05, 0.1) is 16.0 Å². The van der Waals surface area contributed by atoms with E-state index in [9.17, 15) is 25.0 Å². The molecule has 0 saturated heterocycles. The van der Waals surface area contributed by atoms with Crippen LogP contribution in [0.15, 0.2) is 29.1 Å². The van der Waals surface area contributed by atoms with E-state index in [0.29, 0.717) is 5.56 Å². The number of nitrogens with zero attached hydrogens (tertiary/aromatic N) is 3. The molecule has 1 heterocycles. The molecule has 2 aromatic rings. The molecular weight excluding hydrogens is 368 g/mol. The van der Waals surface area contributed by atoms with Gasteiger partial charge in [0.2, 0.25) is 0 Å². The first-order valence-electron chi connectivity index (χ1n) is 7.74. The van der Waals surface area contributed by atoms with Gasteiger partial charge >= 0.3 is 0 Å². The maximum atomic E-state index is 12.6. The van der Waals surface area contributed by atoms with Crippen molar-refractivity contribution >= 4 is 34.6 Å². The molecule has 1 aromatic heterocycles. The fraction of sp³-hybridized carbons (Fsp3) is 0.167. The molecule has 0 aliphatic rings. The van der Waals surface area contributed by atoms with Crippen LogP contribution >= 0.6 is 11.3 Å². The van der Waals surface area contributed by atoms with E-state index in [4.69, 9.17) is 6.42 Å². The number of thiazole rings is 1. The van der Waals surface area contributed by atoms with Gasteiger partial charge in [-0.2, -0.15) is 5.26 Å². The van der Waals surface area contributed by atoms with Gasteiger partial charge in [-0.3, -0.25) is 24.3 Å². The van der Waals surface area contributed by atoms with E-state index in [0.717, 1.165) is 11.3 Å². The highest BCUT2D eigenvalue weighted by Gasteiger charge is 2.15. The molecule has 0 unspecified atom stereocenters. The average Bonchev–Trinajstić information content (AvgIpc) is 2.96. The van der Waals surface area contributed by atoms with Gasteiger partial charge in [0.1, 0.15) is 10.7 Å². The summed E-state index contributed by atoms with van der Waals surface area (Å²) in [6, 6.07) is 7.63. The molecule has 136 valence electrons. The summed E-state index contributed by atoms with van der Waals surface area (Å²) in [4.78, 5) is 35.1. The zero-order chi connectivity index (χ0) is 20.0. The predicted molar refractivity (Wildman–Crippen MR) is 101 cm³/mol. The molecule has 1 aromatic carbocycles. The van der Waals surface area contributed by atoms with Gasteiger partial charge in [0, 0.05) is 18.7 Å². The number of nitriles is 1. The summed E-state index contributed by atoms with van der Waals surface area (Å²) in [7, 11) is 0. The highest BCUT2D eigenvalue weighted by molar-refractivity contribution is 7.07. The number of nitro benzene ring substituents is 1. The summed E-state index contributed by atoms with van der Waals surface area (Å²) >= 11 is 0.967. The Morgan fingerprint density at radius 3 is 2.85 bits per heavy atom. The van der Waals surface area contributed by atoms with Crippen LogP contribution in [-0.4, -0.2) is 21.9 Å². The minimum absolute atomic E-state index is 0.0432. The monoisotopic (exact) mass is 382 g/mol. The minimum Gasteiger partial charge on any atom is -0.340 e. The zero-order valence-electron chi connectivity index (χ0n) is 14.3. The van der Waals surface area contributed by atoms with Gasteiger partial charge in [0.25, 0.3) is 17.2 Å². The Kier molecular flexibility index (Phi) is 6.26. The van der Waals surface area contributed by atoms with Crippen LogP contribution in [0.1, 0.15) is 12.5 Å². The lowest BCUT2D eigenvalue weighted by Crippen LogP contribution is -2.34. The number of benzene rings is 1. The third kappa shape index (κ3) is 4.29. The first kappa shape index (κ1) is 19.6. The van der Waals surface area contributed by atoms with Gasteiger partial charge in [-0.05, 0) is 18.6 Å². The number of hydrogen-bond donors (Lipinski definition) is 1. The van der Waals surface area contributed by atoms with Crippen molar-refractivity contribution in [2.75, 3.05) is 6.54 Å². The van der Waals surface area contributed by atoms with Crippen LogP contribution in [0.3, 0.4) is 0 Å². The van der Waals surface area contributed by atoms with Crippen molar-refractivity contribution in [2.24, 2.45) is 0 Å². The van der Waals surface area contributed by atoms with Crippen molar-refractivity contribution in [1.29, 1.82) is 5.26 Å². The fourth-order valence-corrected chi connectivity index (χ4v) is 3.45. The maximum Gasteiger partial charge on any atom is 0.270 e. The van der Waals surface area contributed by atoms with E-state index < -0.39 is 10.8 Å². The second kappa shape index (κ2) is 8.61. The SMILES string of the molecule is C#CCNC(=O)C(C#N)=c1sc(=Cc2cccc([N+](=O)[O-])c2)c(=O)n1CC. The summed E-state index contributed by atoms with van der Waals surface area (Å²) in [6.07, 6.45) is 6.59. The molecule has 1 amide bonds. The maximum absolute atomic E-state index is 12.6. The van der Waals surface area contributed by atoms with Crippen LogP contribution in [0, 0.1) is 33.8 Å². The van der Waals surface area contributed by atoms with Gasteiger partial charge in [-0.25, -0.2) is 0 Å². The standard InChI is InChI=1S/C18H14N4O4S/c1-3-8-20-16(23)14(11-19)18-21(4-2)17(24)15(27-18)10-12-6-5-7-13(9-12)22(25)26/h1,5-7,9-10H,4,8H2,2H3,(H,20,23). The molecule has 1 N–H and O–H groups in total. The van der Waals surface area contributed by atoms with Gasteiger partial charge in [-0.1, -0.05) is 18.1 Å². The molecule has 0 spiro atoms. The molecule has 8 nitrogen and oxygen atoms in total. The Balaban J connectivity index is 2.71. The number of nitrogens with one attached hydrogen (secondary N) is 1. The molecule has 27 heavy (non-hydrogen) atoms. The average molecular weight is 382 g/mol. The second-order valence-electron chi connectivity index (χ2n) is 5.19. The first-order valence-corrected chi connectivity index (χ1v) is 8.56. The minimum atomic E-state index is -0.666. The summed E-state index contributed by atoms with van der Waals surface area (Å²) in [5.74, 6) is 1.57. The van der Waals surface area contributed by atoms with Gasteiger partial charge < -0.3 is 5.32 Å². The number of rotatable bonds is 5. The van der Waals surface area contributed by atoms with Crippen LogP contribution in [0.25, 0.3) is 11.6 Å². The number of non-ortho nitro benzene ring substituents is 1. The molecule has 0 atom stereocenters. The Morgan fingerprint density at radius 1 is 1.52 bits per heavy atom. The smallest absolute Gasteiger partial charge is 0.270 e. The molecular formula is C18H14N4O4S. The number of carbonyl (C=O) groups excluding carboxylic acids is 1. The van der Waals surface area contributed by atoms with Crippen molar-refractivity contribution in [2.45, 2.75) is 13.5 Å². The first-order chi connectivity index (χ1) is 12.9. The largest absolute Gasteiger partial charge is 0.340 e. The van der Waals surface area contributed by atoms with E-state index in [2.05, 4.69) is 11.2 Å². The van der Waals surface area contributed by atoms with E-state index in [1.54, 1.807) is 13.0 Å². The van der Waals surface area contributed by atoms with E-state index >= 15 is 0 Å².